The molecule has 3 nitrogen and oxygen atoms in total. The first kappa shape index (κ1) is 14.8. The van der Waals surface area contributed by atoms with E-state index in [0.717, 1.165) is 19.3 Å². The lowest BCUT2D eigenvalue weighted by molar-refractivity contribution is -0.140. The Hall–Kier alpha value is -1.59. The maximum Gasteiger partial charge on any atom is 0.314 e. The van der Waals surface area contributed by atoms with E-state index in [4.69, 9.17) is 4.74 Å². The zero-order chi connectivity index (χ0) is 14.7. The topological polar surface area (TPSA) is 39.2 Å². The minimum Gasteiger partial charge on any atom is -0.421 e. The van der Waals surface area contributed by atoms with Crippen molar-refractivity contribution in [3.05, 3.63) is 23.8 Å². The molecule has 0 spiro atoms. The van der Waals surface area contributed by atoms with Gasteiger partial charge in [0.25, 0.3) is 11.9 Å². The van der Waals surface area contributed by atoms with Crippen molar-refractivity contribution in [2.45, 2.75) is 39.0 Å². The van der Waals surface area contributed by atoms with E-state index in [1.165, 1.54) is 0 Å². The van der Waals surface area contributed by atoms with Gasteiger partial charge in [0.1, 0.15) is 0 Å². The third-order valence-electron chi connectivity index (χ3n) is 3.82. The van der Waals surface area contributed by atoms with Gasteiger partial charge in [-0.05, 0) is 31.6 Å². The standard InChI is InChI=1S/C14H16F3NO2/c1-2-8-3-5-9(6-4-8)14(19)20-11-7-10(15)12(16)18-13(11)17/h7-9H,2-6H2,1H3. The molecule has 1 aromatic rings. The number of nitrogens with zero attached hydrogens (tertiary/aromatic N) is 1. The molecule has 0 saturated heterocycles. The summed E-state index contributed by atoms with van der Waals surface area (Å²) in [5, 5.41) is 0. The van der Waals surface area contributed by atoms with Crippen molar-refractivity contribution in [1.29, 1.82) is 0 Å². The number of aromatic nitrogens is 1. The number of rotatable bonds is 3. The van der Waals surface area contributed by atoms with Crippen molar-refractivity contribution in [1.82, 2.24) is 4.98 Å². The van der Waals surface area contributed by atoms with Crippen molar-refractivity contribution in [3.63, 3.8) is 0 Å². The molecule has 0 bridgehead atoms. The largest absolute Gasteiger partial charge is 0.421 e. The number of carbonyl (C=O) groups excluding carboxylic acids is 1. The molecule has 6 heteroatoms. The Morgan fingerprint density at radius 1 is 1.25 bits per heavy atom. The van der Waals surface area contributed by atoms with E-state index >= 15 is 0 Å². The normalized spacial score (nSPS) is 22.6. The number of hydrogen-bond acceptors (Lipinski definition) is 3. The number of pyridine rings is 1. The Kier molecular flexibility index (Phi) is 4.62. The summed E-state index contributed by atoms with van der Waals surface area (Å²) in [6, 6.07) is 0.507. The van der Waals surface area contributed by atoms with Gasteiger partial charge < -0.3 is 4.74 Å². The van der Waals surface area contributed by atoms with Crippen molar-refractivity contribution in [2.75, 3.05) is 0 Å². The minimum absolute atomic E-state index is 0.315. The number of halogens is 3. The molecule has 0 aromatic carbocycles. The summed E-state index contributed by atoms with van der Waals surface area (Å²) in [6.45, 7) is 2.10. The highest BCUT2D eigenvalue weighted by Crippen LogP contribution is 2.32. The Balaban J connectivity index is 2.00. The first-order valence-electron chi connectivity index (χ1n) is 6.74. The van der Waals surface area contributed by atoms with Gasteiger partial charge in [0.2, 0.25) is 0 Å². The average molecular weight is 287 g/mol. The molecule has 0 radical (unpaired) electrons. The molecule has 1 aliphatic rings. The van der Waals surface area contributed by atoms with Crippen LogP contribution < -0.4 is 4.74 Å². The first-order valence-corrected chi connectivity index (χ1v) is 6.74. The Morgan fingerprint density at radius 2 is 1.90 bits per heavy atom. The average Bonchev–Trinajstić information content (AvgIpc) is 2.44. The molecule has 1 saturated carbocycles. The maximum atomic E-state index is 13.3. The van der Waals surface area contributed by atoms with Crippen LogP contribution in [0.15, 0.2) is 6.07 Å². The molecule has 0 N–H and O–H groups in total. The quantitative estimate of drug-likeness (QED) is 0.629. The fourth-order valence-electron chi connectivity index (χ4n) is 2.50. The van der Waals surface area contributed by atoms with Gasteiger partial charge in [-0.15, -0.1) is 0 Å². The molecule has 0 unspecified atom stereocenters. The molecule has 110 valence electrons. The smallest absolute Gasteiger partial charge is 0.314 e. The molecular formula is C14H16F3NO2. The fourth-order valence-corrected chi connectivity index (χ4v) is 2.50. The van der Waals surface area contributed by atoms with Crippen LogP contribution in [-0.2, 0) is 4.79 Å². The highest BCUT2D eigenvalue weighted by atomic mass is 19.2. The van der Waals surface area contributed by atoms with Crippen LogP contribution in [0.5, 0.6) is 5.75 Å². The minimum atomic E-state index is -1.55. The Morgan fingerprint density at radius 3 is 2.50 bits per heavy atom. The van der Waals surface area contributed by atoms with Gasteiger partial charge in [-0.1, -0.05) is 13.3 Å². The third-order valence-corrected chi connectivity index (χ3v) is 3.82. The second-order valence-corrected chi connectivity index (χ2v) is 5.10. The fraction of sp³-hybridized carbons (Fsp3) is 0.571. The lowest BCUT2D eigenvalue weighted by Crippen LogP contribution is -2.26. The highest BCUT2D eigenvalue weighted by Gasteiger charge is 2.28. The van der Waals surface area contributed by atoms with E-state index in [1.54, 1.807) is 0 Å². The van der Waals surface area contributed by atoms with E-state index in [2.05, 4.69) is 11.9 Å². The second-order valence-electron chi connectivity index (χ2n) is 5.10. The monoisotopic (exact) mass is 287 g/mol. The Bertz CT molecular complexity index is 499. The van der Waals surface area contributed by atoms with E-state index in [1.807, 2.05) is 0 Å². The molecule has 0 amide bonds. The van der Waals surface area contributed by atoms with Crippen LogP contribution in [0.2, 0.25) is 0 Å². The molecule has 1 heterocycles. The van der Waals surface area contributed by atoms with Crippen LogP contribution >= 0.6 is 0 Å². The maximum absolute atomic E-state index is 13.3. The SMILES string of the molecule is CCC1CCC(C(=O)Oc2cc(F)c(F)nc2F)CC1. The highest BCUT2D eigenvalue weighted by molar-refractivity contribution is 5.75. The summed E-state index contributed by atoms with van der Waals surface area (Å²) in [5.41, 5.74) is 0. The van der Waals surface area contributed by atoms with E-state index in [-0.39, 0.29) is 5.92 Å². The van der Waals surface area contributed by atoms with Gasteiger partial charge in [-0.25, -0.2) is 4.39 Å². The molecule has 20 heavy (non-hydrogen) atoms. The predicted octanol–water partition coefficient (Wildman–Crippen LogP) is 3.62. The predicted molar refractivity (Wildman–Crippen MR) is 65.5 cm³/mol. The van der Waals surface area contributed by atoms with E-state index in [0.29, 0.717) is 24.8 Å². The molecule has 1 aliphatic carbocycles. The summed E-state index contributed by atoms with van der Waals surface area (Å²) in [4.78, 5) is 14.6. The second kappa shape index (κ2) is 6.24. The molecule has 1 fully saturated rings. The van der Waals surface area contributed by atoms with Crippen LogP contribution in [-0.4, -0.2) is 11.0 Å². The van der Waals surface area contributed by atoms with Crippen LogP contribution in [0.3, 0.4) is 0 Å². The number of hydrogen-bond donors (Lipinski definition) is 0. The van der Waals surface area contributed by atoms with E-state index in [9.17, 15) is 18.0 Å². The summed E-state index contributed by atoms with van der Waals surface area (Å²) in [7, 11) is 0. The van der Waals surface area contributed by atoms with Gasteiger partial charge in [0.05, 0.1) is 5.92 Å². The number of esters is 1. The molecule has 2 rings (SSSR count). The van der Waals surface area contributed by atoms with Crippen molar-refractivity contribution >= 4 is 5.97 Å². The Labute approximate surface area is 115 Å². The van der Waals surface area contributed by atoms with Crippen LogP contribution in [0.1, 0.15) is 39.0 Å². The van der Waals surface area contributed by atoms with Gasteiger partial charge >= 0.3 is 5.97 Å². The lowest BCUT2D eigenvalue weighted by Gasteiger charge is -2.26. The van der Waals surface area contributed by atoms with Crippen molar-refractivity contribution < 1.29 is 22.7 Å². The summed E-state index contributed by atoms with van der Waals surface area (Å²) >= 11 is 0. The van der Waals surface area contributed by atoms with Crippen LogP contribution in [0, 0.1) is 29.5 Å². The summed E-state index contributed by atoms with van der Waals surface area (Å²) < 4.78 is 43.7. The first-order chi connectivity index (χ1) is 9.51. The van der Waals surface area contributed by atoms with Crippen LogP contribution in [0.25, 0.3) is 0 Å². The number of carbonyl (C=O) groups is 1. The van der Waals surface area contributed by atoms with Crippen molar-refractivity contribution in [2.24, 2.45) is 11.8 Å². The van der Waals surface area contributed by atoms with Gasteiger partial charge in [0.15, 0.2) is 11.6 Å². The zero-order valence-electron chi connectivity index (χ0n) is 11.2. The summed E-state index contributed by atoms with van der Waals surface area (Å²) in [5.74, 6) is -5.18. The molecule has 0 atom stereocenters. The van der Waals surface area contributed by atoms with Crippen LogP contribution in [0.4, 0.5) is 13.2 Å². The molecule has 1 aromatic heterocycles. The zero-order valence-corrected chi connectivity index (χ0v) is 11.2. The lowest BCUT2D eigenvalue weighted by atomic mass is 9.81. The van der Waals surface area contributed by atoms with E-state index < -0.39 is 29.4 Å². The third kappa shape index (κ3) is 3.29. The van der Waals surface area contributed by atoms with Gasteiger partial charge in [0, 0.05) is 6.07 Å². The van der Waals surface area contributed by atoms with Crippen molar-refractivity contribution in [3.8, 4) is 5.75 Å². The molecular weight excluding hydrogens is 271 g/mol. The molecule has 0 aliphatic heterocycles. The number of ether oxygens (including phenoxy) is 1. The summed E-state index contributed by atoms with van der Waals surface area (Å²) in [6.07, 6.45) is 4.28. The van der Waals surface area contributed by atoms with Gasteiger partial charge in [-0.3, -0.25) is 4.79 Å². The van der Waals surface area contributed by atoms with Gasteiger partial charge in [-0.2, -0.15) is 13.8 Å².